The molecule has 0 spiro atoms. The molecular weight excluding hydrogens is 348 g/mol. The van der Waals surface area contributed by atoms with E-state index in [0.717, 1.165) is 0 Å². The SMILES string of the molecule is NC(CCC(=O)[O-])C(=O)[O-].O=P([O-])([O-])[O-].[Na+].[Na+].[Na+].[Na+].[Na+]. The Morgan fingerprint density at radius 1 is 0.950 bits per heavy atom. The molecule has 1 unspecified atom stereocenters. The summed E-state index contributed by atoms with van der Waals surface area (Å²) in [5, 5.41) is 19.6. The predicted molar refractivity (Wildman–Crippen MR) is 34.8 cm³/mol. The molecule has 90 valence electrons. The van der Waals surface area contributed by atoms with Gasteiger partial charge in [-0.2, -0.15) is 7.82 Å². The normalized spacial score (nSPS) is 9.20. The molecule has 0 aromatic carbocycles. The summed E-state index contributed by atoms with van der Waals surface area (Å²) in [7, 11) is -5.39. The van der Waals surface area contributed by atoms with E-state index in [9.17, 15) is 19.8 Å². The van der Waals surface area contributed by atoms with Crippen LogP contribution in [0.15, 0.2) is 0 Å². The predicted octanol–water partition coefficient (Wildman–Crippen LogP) is -21.2. The third-order valence-corrected chi connectivity index (χ3v) is 0.962. The number of hydrogen-bond donors (Lipinski definition) is 1. The zero-order valence-corrected chi connectivity index (χ0v) is 23.2. The van der Waals surface area contributed by atoms with Crippen molar-refractivity contribution in [3.63, 3.8) is 0 Å². The van der Waals surface area contributed by atoms with Gasteiger partial charge in [0.15, 0.2) is 0 Å². The summed E-state index contributed by atoms with van der Waals surface area (Å²) in [4.78, 5) is 45.3. The Morgan fingerprint density at radius 3 is 1.35 bits per heavy atom. The topological polar surface area (TPSA) is 193 Å². The molecule has 0 rings (SSSR count). The number of carbonyl (C=O) groups is 2. The standard InChI is InChI=1S/C5H9NO4.5Na.H3O4P/c6-3(5(9)10)1-2-4(7)8;;;;;;1-5(2,3)4/h3H,1-2,6H2,(H,7,8)(H,9,10);;;;;;(H3,1,2,3,4)/q;5*+1;/p-5. The number of nitrogens with two attached hydrogens (primary N) is 1. The minimum Gasteiger partial charge on any atom is -0.822 e. The molecule has 0 aliphatic carbocycles. The molecule has 0 fully saturated rings. The molecule has 15 heteroatoms. The molecule has 9 nitrogen and oxygen atoms in total. The molecule has 0 amide bonds. The van der Waals surface area contributed by atoms with Gasteiger partial charge in [0.25, 0.3) is 0 Å². The molecule has 0 aliphatic rings. The van der Waals surface area contributed by atoms with Gasteiger partial charge >= 0.3 is 148 Å². The van der Waals surface area contributed by atoms with Crippen LogP contribution >= 0.6 is 7.82 Å². The van der Waals surface area contributed by atoms with Gasteiger partial charge in [0.05, 0.1) is 5.97 Å². The van der Waals surface area contributed by atoms with Crippen LogP contribution in [0.4, 0.5) is 0 Å². The zero-order valence-electron chi connectivity index (χ0n) is 12.3. The summed E-state index contributed by atoms with van der Waals surface area (Å²) < 4.78 is 8.55. The van der Waals surface area contributed by atoms with Crippen molar-refractivity contribution in [3.8, 4) is 0 Å². The molecule has 0 bridgehead atoms. The van der Waals surface area contributed by atoms with E-state index in [1.165, 1.54) is 0 Å². The zero-order chi connectivity index (χ0) is 12.6. The summed E-state index contributed by atoms with van der Waals surface area (Å²) >= 11 is 0. The van der Waals surface area contributed by atoms with Crippen molar-refractivity contribution in [2.24, 2.45) is 5.73 Å². The smallest absolute Gasteiger partial charge is 0.822 e. The van der Waals surface area contributed by atoms with Crippen molar-refractivity contribution in [2.75, 3.05) is 0 Å². The monoisotopic (exact) mass is 355 g/mol. The maximum absolute atomic E-state index is 9.86. The van der Waals surface area contributed by atoms with Gasteiger partial charge in [-0.05, 0) is 12.8 Å². The molecule has 0 aliphatic heterocycles. The van der Waals surface area contributed by atoms with Gasteiger partial charge in [-0.1, -0.05) is 0 Å². The van der Waals surface area contributed by atoms with Crippen LogP contribution in [-0.4, -0.2) is 18.0 Å². The average molecular weight is 355 g/mol. The fourth-order valence-corrected chi connectivity index (χ4v) is 0.391. The van der Waals surface area contributed by atoms with Crippen LogP contribution in [0.2, 0.25) is 0 Å². The molecule has 0 aromatic heterocycles. The van der Waals surface area contributed by atoms with Gasteiger partial charge in [0.1, 0.15) is 0 Å². The van der Waals surface area contributed by atoms with Crippen LogP contribution in [0.1, 0.15) is 12.8 Å². The molecule has 1 atom stereocenters. The third-order valence-electron chi connectivity index (χ3n) is 0.962. The number of carboxylic acids is 2. The van der Waals surface area contributed by atoms with E-state index < -0.39 is 25.8 Å². The number of aliphatic carboxylic acids is 2. The fourth-order valence-electron chi connectivity index (χ4n) is 0.391. The van der Waals surface area contributed by atoms with Crippen LogP contribution in [0, 0.1) is 0 Å². The van der Waals surface area contributed by atoms with Crippen molar-refractivity contribution in [2.45, 2.75) is 18.9 Å². The number of phosphoric acid groups is 1. The van der Waals surface area contributed by atoms with Crippen LogP contribution in [-0.2, 0) is 14.2 Å². The molecule has 0 heterocycles. The molecule has 0 saturated heterocycles. The van der Waals surface area contributed by atoms with E-state index >= 15 is 0 Å². The van der Waals surface area contributed by atoms with Gasteiger partial charge in [0, 0.05) is 12.0 Å². The second kappa shape index (κ2) is 25.3. The fraction of sp³-hybridized carbons (Fsp3) is 0.600. The quantitative estimate of drug-likeness (QED) is 0.376. The molecule has 0 radical (unpaired) electrons. The molecule has 20 heavy (non-hydrogen) atoms. The van der Waals surface area contributed by atoms with Crippen molar-refractivity contribution >= 4 is 19.8 Å². The van der Waals surface area contributed by atoms with Gasteiger partial charge in [0.2, 0.25) is 0 Å². The average Bonchev–Trinajstić information content (AvgIpc) is 1.96. The van der Waals surface area contributed by atoms with Crippen LogP contribution in [0.3, 0.4) is 0 Å². The Morgan fingerprint density at radius 2 is 1.20 bits per heavy atom. The van der Waals surface area contributed by atoms with Crippen LogP contribution < -0.4 is 178 Å². The van der Waals surface area contributed by atoms with E-state index in [0.29, 0.717) is 0 Å². The van der Waals surface area contributed by atoms with Crippen LogP contribution in [0.25, 0.3) is 0 Å². The first-order chi connectivity index (χ1) is 6.54. The number of carbonyl (C=O) groups excluding carboxylic acids is 2. The minimum absolute atomic E-state index is 0. The van der Waals surface area contributed by atoms with Crippen LogP contribution in [0.5, 0.6) is 0 Å². The number of hydrogen-bond acceptors (Lipinski definition) is 9. The minimum atomic E-state index is -5.39. The second-order valence-electron chi connectivity index (χ2n) is 2.28. The summed E-state index contributed by atoms with van der Waals surface area (Å²) in [6.07, 6.45) is -0.500. The Labute approximate surface area is 226 Å². The van der Waals surface area contributed by atoms with E-state index in [-0.39, 0.29) is 161 Å². The summed E-state index contributed by atoms with van der Waals surface area (Å²) in [5.74, 6) is -2.75. The molecule has 2 N–H and O–H groups in total. The Balaban J connectivity index is -0.0000000303. The molecule has 0 saturated carbocycles. The summed E-state index contributed by atoms with van der Waals surface area (Å²) in [6.45, 7) is 0. The number of carboxylic acid groups (broad SMARTS) is 2. The number of rotatable bonds is 4. The largest absolute Gasteiger partial charge is 1.00 e. The third kappa shape index (κ3) is 57.4. The Kier molecular flexibility index (Phi) is 55.5. The second-order valence-corrected chi connectivity index (χ2v) is 3.18. The maximum atomic E-state index is 9.86. The first-order valence-electron chi connectivity index (χ1n) is 3.43. The van der Waals surface area contributed by atoms with Crippen molar-refractivity contribution in [3.05, 3.63) is 0 Å². The van der Waals surface area contributed by atoms with Gasteiger partial charge in [-0.15, -0.1) is 0 Å². The van der Waals surface area contributed by atoms with Crippen molar-refractivity contribution < 1.29 is 187 Å². The van der Waals surface area contributed by atoms with Gasteiger partial charge in [-0.3, -0.25) is 0 Å². The van der Waals surface area contributed by atoms with E-state index in [1.54, 1.807) is 0 Å². The van der Waals surface area contributed by atoms with E-state index in [4.69, 9.17) is 25.0 Å². The van der Waals surface area contributed by atoms with Crippen molar-refractivity contribution in [1.82, 2.24) is 0 Å². The van der Waals surface area contributed by atoms with Gasteiger partial charge < -0.3 is 44.8 Å². The molecule has 0 aromatic rings. The summed E-state index contributed by atoms with van der Waals surface area (Å²) in [6, 6.07) is -1.21. The first-order valence-corrected chi connectivity index (χ1v) is 4.89. The van der Waals surface area contributed by atoms with Gasteiger partial charge in [-0.25, -0.2) is 0 Å². The van der Waals surface area contributed by atoms with E-state index in [2.05, 4.69) is 0 Å². The first kappa shape index (κ1) is 43.9. The van der Waals surface area contributed by atoms with Crippen molar-refractivity contribution in [1.29, 1.82) is 0 Å². The maximum Gasteiger partial charge on any atom is 1.00 e. The molecular formula is C5H7NNa5O8P. The summed E-state index contributed by atoms with van der Waals surface area (Å²) in [5.41, 5.74) is 4.91. The Bertz CT molecular complexity index is 268. The Hall–Kier alpha value is 4.01. The van der Waals surface area contributed by atoms with E-state index in [1.807, 2.05) is 0 Å².